The van der Waals surface area contributed by atoms with Gasteiger partial charge in [0.2, 0.25) is 0 Å². The zero-order valence-corrected chi connectivity index (χ0v) is 10.6. The first-order valence-electron chi connectivity index (χ1n) is 6.40. The molecule has 1 aromatic carbocycles. The minimum atomic E-state index is -0.997. The van der Waals surface area contributed by atoms with Gasteiger partial charge < -0.3 is 5.11 Å². The van der Waals surface area contributed by atoms with Crippen LogP contribution in [0.1, 0.15) is 35.0 Å². The summed E-state index contributed by atoms with van der Waals surface area (Å²) in [6.07, 6.45) is 2.52. The number of aromatic carboxylic acids is 1. The molecule has 19 heavy (non-hydrogen) atoms. The molecular weight excluding hydrogens is 245 g/mol. The number of carboxylic acid groups (broad SMARTS) is 1. The van der Waals surface area contributed by atoms with Crippen LogP contribution < -0.4 is 0 Å². The lowest BCUT2D eigenvalue weighted by atomic mass is 9.84. The number of fused-ring (bicyclic) bond motifs is 2. The highest BCUT2D eigenvalue weighted by molar-refractivity contribution is 6.04. The van der Waals surface area contributed by atoms with E-state index in [4.69, 9.17) is 0 Å². The molecule has 3 nitrogen and oxygen atoms in total. The first-order valence-corrected chi connectivity index (χ1v) is 6.40. The zero-order valence-electron chi connectivity index (χ0n) is 10.6. The number of carbonyl (C=O) groups is 1. The molecule has 1 aliphatic carbocycles. The second-order valence-corrected chi connectivity index (χ2v) is 5.23. The summed E-state index contributed by atoms with van der Waals surface area (Å²) >= 11 is 0. The first kappa shape index (κ1) is 12.1. The third-order valence-corrected chi connectivity index (χ3v) is 3.77. The number of halogens is 1. The summed E-state index contributed by atoms with van der Waals surface area (Å²) in [6, 6.07) is 4.14. The van der Waals surface area contributed by atoms with Crippen molar-refractivity contribution in [1.29, 1.82) is 0 Å². The minimum absolute atomic E-state index is 0.228. The standard InChI is InChI=1S/C15H14FNO2/c1-8-2-4-12-10(6-8)14(15(18)19)11-7-9(16)3-5-13(11)17-12/h3,5,7-8H,2,4,6H2,1H3,(H,18,19)/t8-/m1/s1. The van der Waals surface area contributed by atoms with Crippen molar-refractivity contribution in [2.45, 2.75) is 26.2 Å². The van der Waals surface area contributed by atoms with Gasteiger partial charge in [-0.15, -0.1) is 0 Å². The molecule has 1 heterocycles. The van der Waals surface area contributed by atoms with Gasteiger partial charge in [0.15, 0.2) is 0 Å². The zero-order chi connectivity index (χ0) is 13.6. The number of pyridine rings is 1. The van der Waals surface area contributed by atoms with Gasteiger partial charge in [-0.1, -0.05) is 6.92 Å². The Labute approximate surface area is 110 Å². The van der Waals surface area contributed by atoms with E-state index in [1.807, 2.05) is 0 Å². The summed E-state index contributed by atoms with van der Waals surface area (Å²) < 4.78 is 13.4. The lowest BCUT2D eigenvalue weighted by Crippen LogP contribution is -2.18. The number of hydrogen-bond donors (Lipinski definition) is 1. The van der Waals surface area contributed by atoms with Gasteiger partial charge in [0, 0.05) is 11.1 Å². The molecule has 0 fully saturated rings. The van der Waals surface area contributed by atoms with E-state index in [-0.39, 0.29) is 5.56 Å². The van der Waals surface area contributed by atoms with Crippen molar-refractivity contribution in [2.75, 3.05) is 0 Å². The van der Waals surface area contributed by atoms with Gasteiger partial charge in [-0.05, 0) is 48.9 Å². The van der Waals surface area contributed by atoms with E-state index < -0.39 is 11.8 Å². The second-order valence-electron chi connectivity index (χ2n) is 5.23. The summed E-state index contributed by atoms with van der Waals surface area (Å²) in [7, 11) is 0. The van der Waals surface area contributed by atoms with Crippen LogP contribution in [0.4, 0.5) is 4.39 Å². The number of benzene rings is 1. The number of aryl methyl sites for hydroxylation is 1. The fourth-order valence-electron chi connectivity index (χ4n) is 2.83. The summed E-state index contributed by atoms with van der Waals surface area (Å²) in [5, 5.41) is 9.87. The molecule has 1 aliphatic rings. The molecule has 1 N–H and O–H groups in total. The van der Waals surface area contributed by atoms with Crippen LogP contribution in [0, 0.1) is 11.7 Å². The van der Waals surface area contributed by atoms with Crippen molar-refractivity contribution in [3.8, 4) is 0 Å². The van der Waals surface area contributed by atoms with Gasteiger partial charge in [0.25, 0.3) is 0 Å². The highest BCUT2D eigenvalue weighted by Crippen LogP contribution is 2.31. The molecule has 0 aliphatic heterocycles. The predicted octanol–water partition coefficient (Wildman–Crippen LogP) is 3.20. The van der Waals surface area contributed by atoms with Crippen LogP contribution in [-0.2, 0) is 12.8 Å². The van der Waals surface area contributed by atoms with Gasteiger partial charge >= 0.3 is 5.97 Å². The lowest BCUT2D eigenvalue weighted by Gasteiger charge is -2.23. The van der Waals surface area contributed by atoms with Crippen LogP contribution in [0.5, 0.6) is 0 Å². The van der Waals surface area contributed by atoms with Crippen LogP contribution in [0.3, 0.4) is 0 Å². The number of hydrogen-bond acceptors (Lipinski definition) is 2. The molecular formula is C15H14FNO2. The molecule has 3 rings (SSSR count). The Morgan fingerprint density at radius 3 is 3.00 bits per heavy atom. The average molecular weight is 259 g/mol. The average Bonchev–Trinajstić information content (AvgIpc) is 2.35. The topological polar surface area (TPSA) is 50.2 Å². The smallest absolute Gasteiger partial charge is 0.336 e. The molecule has 2 aromatic rings. The molecule has 4 heteroatoms. The molecule has 0 saturated carbocycles. The van der Waals surface area contributed by atoms with Crippen LogP contribution >= 0.6 is 0 Å². The Kier molecular flexibility index (Phi) is 2.73. The highest BCUT2D eigenvalue weighted by atomic mass is 19.1. The predicted molar refractivity (Wildman–Crippen MR) is 69.8 cm³/mol. The van der Waals surface area contributed by atoms with E-state index in [2.05, 4.69) is 11.9 Å². The normalized spacial score (nSPS) is 18.3. The van der Waals surface area contributed by atoms with Crippen molar-refractivity contribution in [1.82, 2.24) is 4.98 Å². The van der Waals surface area contributed by atoms with Gasteiger partial charge in [-0.2, -0.15) is 0 Å². The fraction of sp³-hybridized carbons (Fsp3) is 0.333. The number of carboxylic acids is 1. The summed E-state index contributed by atoms with van der Waals surface area (Å²) in [5.41, 5.74) is 2.43. The molecule has 98 valence electrons. The van der Waals surface area contributed by atoms with E-state index in [9.17, 15) is 14.3 Å². The van der Waals surface area contributed by atoms with E-state index in [1.165, 1.54) is 12.1 Å². The maximum absolute atomic E-state index is 13.4. The molecule has 1 atom stereocenters. The van der Waals surface area contributed by atoms with E-state index in [1.54, 1.807) is 6.07 Å². The maximum atomic E-state index is 13.4. The number of nitrogens with zero attached hydrogens (tertiary/aromatic N) is 1. The van der Waals surface area contributed by atoms with Crippen molar-refractivity contribution in [3.63, 3.8) is 0 Å². The summed E-state index contributed by atoms with van der Waals surface area (Å²) in [5.74, 6) is -0.984. The second kappa shape index (κ2) is 4.30. The molecule has 0 radical (unpaired) electrons. The lowest BCUT2D eigenvalue weighted by molar-refractivity contribution is 0.0697. The maximum Gasteiger partial charge on any atom is 0.336 e. The Bertz CT molecular complexity index is 681. The molecule has 1 aromatic heterocycles. The fourth-order valence-corrected chi connectivity index (χ4v) is 2.83. The molecule has 0 spiro atoms. The number of rotatable bonds is 1. The van der Waals surface area contributed by atoms with Gasteiger partial charge in [-0.25, -0.2) is 9.18 Å². The van der Waals surface area contributed by atoms with Crippen molar-refractivity contribution >= 4 is 16.9 Å². The van der Waals surface area contributed by atoms with E-state index in [0.717, 1.165) is 24.1 Å². The Hall–Kier alpha value is -1.97. The van der Waals surface area contributed by atoms with E-state index in [0.29, 0.717) is 23.2 Å². The molecule has 0 bridgehead atoms. The molecule has 0 amide bonds. The largest absolute Gasteiger partial charge is 0.478 e. The summed E-state index contributed by atoms with van der Waals surface area (Å²) in [4.78, 5) is 16.1. The third-order valence-electron chi connectivity index (χ3n) is 3.77. The van der Waals surface area contributed by atoms with Gasteiger partial charge in [-0.3, -0.25) is 4.98 Å². The molecule has 0 unspecified atom stereocenters. The minimum Gasteiger partial charge on any atom is -0.478 e. The Morgan fingerprint density at radius 1 is 1.47 bits per heavy atom. The quantitative estimate of drug-likeness (QED) is 0.855. The Morgan fingerprint density at radius 2 is 2.26 bits per heavy atom. The van der Waals surface area contributed by atoms with Gasteiger partial charge in [0.1, 0.15) is 5.82 Å². The van der Waals surface area contributed by atoms with Crippen LogP contribution in [0.2, 0.25) is 0 Å². The van der Waals surface area contributed by atoms with Gasteiger partial charge in [0.05, 0.1) is 11.1 Å². The van der Waals surface area contributed by atoms with E-state index >= 15 is 0 Å². The van der Waals surface area contributed by atoms with Crippen LogP contribution in [0.15, 0.2) is 18.2 Å². The molecule has 0 saturated heterocycles. The monoisotopic (exact) mass is 259 g/mol. The van der Waals surface area contributed by atoms with Crippen molar-refractivity contribution in [3.05, 3.63) is 40.8 Å². The van der Waals surface area contributed by atoms with Crippen LogP contribution in [0.25, 0.3) is 10.9 Å². The Balaban J connectivity index is 2.37. The highest BCUT2D eigenvalue weighted by Gasteiger charge is 2.25. The third kappa shape index (κ3) is 1.97. The SMILES string of the molecule is C[C@@H]1CCc2nc3ccc(F)cc3c(C(=O)O)c2C1. The van der Waals surface area contributed by atoms with Crippen molar-refractivity contribution in [2.24, 2.45) is 5.92 Å². The van der Waals surface area contributed by atoms with Crippen molar-refractivity contribution < 1.29 is 14.3 Å². The van der Waals surface area contributed by atoms with Crippen LogP contribution in [-0.4, -0.2) is 16.1 Å². The first-order chi connectivity index (χ1) is 9.06. The summed E-state index contributed by atoms with van der Waals surface area (Å²) in [6.45, 7) is 2.10. The number of aromatic nitrogens is 1.